The molecule has 1 N–H and O–H groups in total. The maximum absolute atomic E-state index is 13.1. The van der Waals surface area contributed by atoms with Crippen molar-refractivity contribution in [2.24, 2.45) is 0 Å². The van der Waals surface area contributed by atoms with Gasteiger partial charge in [-0.05, 0) is 81.3 Å². The number of benzene rings is 2. The van der Waals surface area contributed by atoms with Crippen molar-refractivity contribution in [3.05, 3.63) is 96.2 Å². The minimum atomic E-state index is -3.68. The van der Waals surface area contributed by atoms with E-state index in [1.165, 1.54) is 12.3 Å². The second-order valence-electron chi connectivity index (χ2n) is 10.7. The lowest BCUT2D eigenvalue weighted by Gasteiger charge is -2.18. The van der Waals surface area contributed by atoms with Crippen molar-refractivity contribution >= 4 is 32.3 Å². The van der Waals surface area contributed by atoms with E-state index < -0.39 is 9.84 Å². The summed E-state index contributed by atoms with van der Waals surface area (Å²) in [5, 5.41) is 15.4. The normalized spacial score (nSPS) is 11.9. The Morgan fingerprint density at radius 1 is 1.02 bits per heavy atom. The van der Waals surface area contributed by atoms with E-state index in [4.69, 9.17) is 4.74 Å². The van der Waals surface area contributed by atoms with Crippen LogP contribution in [0.4, 0.5) is 5.69 Å². The highest BCUT2D eigenvalue weighted by atomic mass is 32.2. The smallest absolute Gasteiger partial charge is 0.228 e. The van der Waals surface area contributed by atoms with Gasteiger partial charge in [0.1, 0.15) is 11.5 Å². The number of aryl methyl sites for hydroxylation is 1. The van der Waals surface area contributed by atoms with Crippen molar-refractivity contribution in [2.45, 2.75) is 50.3 Å². The third-order valence-electron chi connectivity index (χ3n) is 6.38. The standard InChI is InChI=1S/C30H30N6O4S/c1-20-14-21(15-29(37)34-23-17-33-36(18-23)30(2,3)4)7-10-27(20)40-28-11-13-31-26-9-8-24(16-25(26)28)41(38,39)19-22-6-5-12-32-35-22/h5-14,16-18H,15,19H2,1-4H3,(H,34,37). The maximum Gasteiger partial charge on any atom is 0.228 e. The fraction of sp³-hybridized carbons (Fsp3) is 0.233. The number of anilines is 1. The zero-order valence-corrected chi connectivity index (χ0v) is 24.0. The summed E-state index contributed by atoms with van der Waals surface area (Å²) in [6, 6.07) is 15.3. The summed E-state index contributed by atoms with van der Waals surface area (Å²) in [5.41, 5.74) is 3.08. The molecule has 11 heteroatoms. The lowest BCUT2D eigenvalue weighted by Crippen LogP contribution is -2.22. The van der Waals surface area contributed by atoms with Crippen LogP contribution in [-0.2, 0) is 32.3 Å². The molecule has 1 amide bonds. The number of rotatable bonds is 8. The SMILES string of the molecule is Cc1cc(CC(=O)Nc2cnn(C(C)(C)C)c2)ccc1Oc1ccnc2ccc(S(=O)(=O)Cc3cccnn3)cc12. The van der Waals surface area contributed by atoms with Gasteiger partial charge in [0.25, 0.3) is 0 Å². The Labute approximate surface area is 238 Å². The lowest BCUT2D eigenvalue weighted by atomic mass is 10.1. The molecular weight excluding hydrogens is 540 g/mol. The molecule has 0 bridgehead atoms. The molecule has 41 heavy (non-hydrogen) atoms. The fourth-order valence-electron chi connectivity index (χ4n) is 4.27. The second-order valence-corrected chi connectivity index (χ2v) is 12.7. The highest BCUT2D eigenvalue weighted by Crippen LogP contribution is 2.33. The van der Waals surface area contributed by atoms with Gasteiger partial charge in [0.05, 0.1) is 45.7 Å². The van der Waals surface area contributed by atoms with Gasteiger partial charge in [0.2, 0.25) is 5.91 Å². The van der Waals surface area contributed by atoms with Crippen molar-refractivity contribution < 1.29 is 17.9 Å². The molecule has 10 nitrogen and oxygen atoms in total. The van der Waals surface area contributed by atoms with Gasteiger partial charge < -0.3 is 10.1 Å². The number of nitrogens with zero attached hydrogens (tertiary/aromatic N) is 5. The molecule has 0 saturated heterocycles. The van der Waals surface area contributed by atoms with Crippen LogP contribution < -0.4 is 10.1 Å². The molecule has 2 aromatic carbocycles. The Morgan fingerprint density at radius 2 is 1.85 bits per heavy atom. The first-order valence-electron chi connectivity index (χ1n) is 13.0. The van der Waals surface area contributed by atoms with E-state index in [0.29, 0.717) is 33.8 Å². The molecule has 0 aliphatic rings. The molecular formula is C30H30N6O4S. The summed E-state index contributed by atoms with van der Waals surface area (Å²) in [6.45, 7) is 8.00. The predicted molar refractivity (Wildman–Crippen MR) is 155 cm³/mol. The quantitative estimate of drug-likeness (QED) is 0.268. The largest absolute Gasteiger partial charge is 0.456 e. The average molecular weight is 571 g/mol. The highest BCUT2D eigenvalue weighted by molar-refractivity contribution is 7.90. The predicted octanol–water partition coefficient (Wildman–Crippen LogP) is 5.23. The molecule has 0 fully saturated rings. The van der Waals surface area contributed by atoms with Gasteiger partial charge in [-0.2, -0.15) is 15.3 Å². The summed E-state index contributed by atoms with van der Waals surface area (Å²) in [7, 11) is -3.68. The van der Waals surface area contributed by atoms with Crippen molar-refractivity contribution in [1.29, 1.82) is 0 Å². The molecule has 0 radical (unpaired) electrons. The van der Waals surface area contributed by atoms with Crippen LogP contribution in [0, 0.1) is 6.92 Å². The first-order valence-corrected chi connectivity index (χ1v) is 14.6. The van der Waals surface area contributed by atoms with Gasteiger partial charge in [-0.15, -0.1) is 0 Å². The van der Waals surface area contributed by atoms with Gasteiger partial charge in [0.15, 0.2) is 9.84 Å². The molecule has 0 saturated carbocycles. The van der Waals surface area contributed by atoms with E-state index in [9.17, 15) is 13.2 Å². The number of amides is 1. The van der Waals surface area contributed by atoms with Crippen LogP contribution in [0.15, 0.2) is 84.3 Å². The summed E-state index contributed by atoms with van der Waals surface area (Å²) < 4.78 is 34.2. The minimum absolute atomic E-state index is 0.139. The van der Waals surface area contributed by atoms with Crippen molar-refractivity contribution in [2.75, 3.05) is 5.32 Å². The zero-order valence-electron chi connectivity index (χ0n) is 23.2. The fourth-order valence-corrected chi connectivity index (χ4v) is 5.55. The van der Waals surface area contributed by atoms with E-state index in [-0.39, 0.29) is 28.5 Å². The molecule has 3 heterocycles. The number of carbonyl (C=O) groups excluding carboxylic acids is 1. The van der Waals surface area contributed by atoms with Crippen LogP contribution in [-0.4, -0.2) is 39.3 Å². The van der Waals surface area contributed by atoms with E-state index >= 15 is 0 Å². The molecule has 0 aliphatic carbocycles. The van der Waals surface area contributed by atoms with E-state index in [0.717, 1.165) is 11.1 Å². The minimum Gasteiger partial charge on any atom is -0.456 e. The number of hydrogen-bond donors (Lipinski definition) is 1. The number of aromatic nitrogens is 5. The van der Waals surface area contributed by atoms with Crippen LogP contribution in [0.25, 0.3) is 10.9 Å². The highest BCUT2D eigenvalue weighted by Gasteiger charge is 2.19. The lowest BCUT2D eigenvalue weighted by molar-refractivity contribution is -0.115. The summed E-state index contributed by atoms with van der Waals surface area (Å²) in [5.74, 6) is 0.634. The Morgan fingerprint density at radius 3 is 2.56 bits per heavy atom. The van der Waals surface area contributed by atoms with Gasteiger partial charge >= 0.3 is 0 Å². The van der Waals surface area contributed by atoms with Gasteiger partial charge in [-0.25, -0.2) is 8.42 Å². The van der Waals surface area contributed by atoms with Crippen molar-refractivity contribution in [3.63, 3.8) is 0 Å². The van der Waals surface area contributed by atoms with Crippen LogP contribution >= 0.6 is 0 Å². The van der Waals surface area contributed by atoms with E-state index in [1.807, 2.05) is 46.0 Å². The summed E-state index contributed by atoms with van der Waals surface area (Å²) >= 11 is 0. The first kappa shape index (κ1) is 27.9. The number of carbonyl (C=O) groups is 1. The average Bonchev–Trinajstić information content (AvgIpc) is 3.39. The van der Waals surface area contributed by atoms with Crippen LogP contribution in [0.5, 0.6) is 11.5 Å². The van der Waals surface area contributed by atoms with Crippen molar-refractivity contribution in [3.8, 4) is 11.5 Å². The number of pyridine rings is 1. The monoisotopic (exact) mass is 570 g/mol. The Bertz CT molecular complexity index is 1830. The topological polar surface area (TPSA) is 129 Å². The van der Waals surface area contributed by atoms with E-state index in [1.54, 1.807) is 53.5 Å². The molecule has 0 spiro atoms. The Hall–Kier alpha value is -4.64. The van der Waals surface area contributed by atoms with Gasteiger partial charge in [-0.3, -0.25) is 14.5 Å². The molecule has 5 rings (SSSR count). The van der Waals surface area contributed by atoms with E-state index in [2.05, 4.69) is 25.6 Å². The third kappa shape index (κ3) is 6.58. The van der Waals surface area contributed by atoms with Crippen LogP contribution in [0.3, 0.4) is 0 Å². The van der Waals surface area contributed by atoms with Crippen LogP contribution in [0.2, 0.25) is 0 Å². The van der Waals surface area contributed by atoms with Gasteiger partial charge in [-0.1, -0.05) is 12.1 Å². The third-order valence-corrected chi connectivity index (χ3v) is 8.02. The van der Waals surface area contributed by atoms with Crippen LogP contribution in [0.1, 0.15) is 37.6 Å². The first-order chi connectivity index (χ1) is 19.5. The Balaban J connectivity index is 1.32. The number of ether oxygens (including phenoxy) is 1. The molecule has 0 aliphatic heterocycles. The number of sulfone groups is 1. The molecule has 0 atom stereocenters. The number of hydrogen-bond acceptors (Lipinski definition) is 8. The number of nitrogens with one attached hydrogen (secondary N) is 1. The van der Waals surface area contributed by atoms with Gasteiger partial charge in [0, 0.05) is 24.0 Å². The number of fused-ring (bicyclic) bond motifs is 1. The molecule has 3 aromatic heterocycles. The molecule has 5 aromatic rings. The Kier molecular flexibility index (Phi) is 7.55. The maximum atomic E-state index is 13.1. The molecule has 0 unspecified atom stereocenters. The zero-order chi connectivity index (χ0) is 29.2. The van der Waals surface area contributed by atoms with Crippen molar-refractivity contribution in [1.82, 2.24) is 25.0 Å². The second kappa shape index (κ2) is 11.1. The summed E-state index contributed by atoms with van der Waals surface area (Å²) in [6.07, 6.45) is 6.74. The summed E-state index contributed by atoms with van der Waals surface area (Å²) in [4.78, 5) is 17.2. The molecule has 210 valence electrons.